The van der Waals surface area contributed by atoms with Crippen LogP contribution >= 0.6 is 11.6 Å². The molecule has 7 N–H and O–H groups in total. The molecule has 10 nitrogen and oxygen atoms in total. The van der Waals surface area contributed by atoms with Crippen LogP contribution in [0.15, 0.2) is 23.0 Å². The van der Waals surface area contributed by atoms with Crippen LogP contribution in [0.1, 0.15) is 36.7 Å². The number of halogens is 1. The van der Waals surface area contributed by atoms with Gasteiger partial charge < -0.3 is 22.5 Å². The molecule has 160 valence electrons. The summed E-state index contributed by atoms with van der Waals surface area (Å²) in [7, 11) is 0. The molecule has 1 fully saturated rings. The molecule has 0 aliphatic heterocycles. The van der Waals surface area contributed by atoms with Crippen LogP contribution in [-0.4, -0.2) is 26.1 Å². The van der Waals surface area contributed by atoms with Crippen molar-refractivity contribution in [2.24, 2.45) is 11.7 Å². The lowest BCUT2D eigenvalue weighted by Crippen LogP contribution is -2.31. The number of hydrogen-bond donors (Lipinski definition) is 4. The van der Waals surface area contributed by atoms with Crippen LogP contribution in [0.5, 0.6) is 0 Å². The summed E-state index contributed by atoms with van der Waals surface area (Å²) in [5.74, 6) is 0.903. The number of nitriles is 1. The number of anilines is 3. The second kappa shape index (κ2) is 8.37. The van der Waals surface area contributed by atoms with E-state index in [-0.39, 0.29) is 40.7 Å². The smallest absolute Gasteiger partial charge is 0.262 e. The van der Waals surface area contributed by atoms with Gasteiger partial charge in [0.25, 0.3) is 5.56 Å². The highest BCUT2D eigenvalue weighted by molar-refractivity contribution is 6.35. The number of nitrogens with zero attached hydrogens (tertiary/aromatic N) is 5. The summed E-state index contributed by atoms with van der Waals surface area (Å²) in [6, 6.07) is 6.81. The van der Waals surface area contributed by atoms with Crippen molar-refractivity contribution >= 4 is 40.1 Å². The Bertz CT molecular complexity index is 1250. The highest BCUT2D eigenvalue weighted by Gasteiger charge is 2.36. The lowest BCUT2D eigenvalue weighted by Gasteiger charge is -2.23. The van der Waals surface area contributed by atoms with E-state index in [1.807, 2.05) is 6.07 Å². The fourth-order valence-electron chi connectivity index (χ4n) is 3.62. The van der Waals surface area contributed by atoms with Gasteiger partial charge in [0.05, 0.1) is 22.0 Å². The first-order valence-electron chi connectivity index (χ1n) is 9.93. The standard InChI is InChI=1S/C20H22ClN9O/c21-12-3-1-4-13-14(12)19(31)30(8-2-7-22)18(26-13)15(10-5-6-10)27-17-11(9-23)16(24)28-20(25)29-17/h1,3-4,10,15H,2,5-8,22H2,(H5,24,25,27,28,29)/t15-/m0/s1. The number of nitrogen functional groups attached to an aromatic ring is 2. The first kappa shape index (κ1) is 20.8. The first-order chi connectivity index (χ1) is 14.9. The van der Waals surface area contributed by atoms with E-state index in [0.29, 0.717) is 41.3 Å². The van der Waals surface area contributed by atoms with E-state index in [2.05, 4.69) is 15.3 Å². The molecule has 0 bridgehead atoms. The fraction of sp³-hybridized carbons (Fsp3) is 0.350. The predicted molar refractivity (Wildman–Crippen MR) is 119 cm³/mol. The van der Waals surface area contributed by atoms with Gasteiger partial charge in [-0.15, -0.1) is 0 Å². The van der Waals surface area contributed by atoms with Crippen LogP contribution in [0.3, 0.4) is 0 Å². The maximum absolute atomic E-state index is 13.4. The van der Waals surface area contributed by atoms with Gasteiger partial charge in [0.15, 0.2) is 5.82 Å². The third-order valence-electron chi connectivity index (χ3n) is 5.28. The van der Waals surface area contributed by atoms with Crippen molar-refractivity contribution in [3.8, 4) is 6.07 Å². The third kappa shape index (κ3) is 3.97. The number of fused-ring (bicyclic) bond motifs is 1. The monoisotopic (exact) mass is 439 g/mol. The molecule has 31 heavy (non-hydrogen) atoms. The Morgan fingerprint density at radius 1 is 1.29 bits per heavy atom. The Labute approximate surface area is 183 Å². The van der Waals surface area contributed by atoms with Crippen molar-refractivity contribution in [2.75, 3.05) is 23.3 Å². The van der Waals surface area contributed by atoms with Gasteiger partial charge in [-0.1, -0.05) is 17.7 Å². The number of nitrogens with one attached hydrogen (secondary N) is 1. The summed E-state index contributed by atoms with van der Waals surface area (Å²) in [5, 5.41) is 13.5. The lowest BCUT2D eigenvalue weighted by molar-refractivity contribution is 0.530. The van der Waals surface area contributed by atoms with E-state index >= 15 is 0 Å². The van der Waals surface area contributed by atoms with Crippen LogP contribution in [0.25, 0.3) is 10.9 Å². The van der Waals surface area contributed by atoms with Crippen molar-refractivity contribution in [3.63, 3.8) is 0 Å². The van der Waals surface area contributed by atoms with Gasteiger partial charge in [-0.25, -0.2) is 4.98 Å². The minimum absolute atomic E-state index is 0.00850. The van der Waals surface area contributed by atoms with E-state index in [1.165, 1.54) is 0 Å². The Hall–Kier alpha value is -3.42. The molecule has 0 unspecified atom stereocenters. The quantitative estimate of drug-likeness (QED) is 0.427. The Morgan fingerprint density at radius 2 is 2.06 bits per heavy atom. The molecule has 3 aromatic rings. The summed E-state index contributed by atoms with van der Waals surface area (Å²) in [5.41, 5.74) is 17.7. The molecule has 4 rings (SSSR count). The maximum atomic E-state index is 13.4. The number of nitrogens with two attached hydrogens (primary N) is 3. The summed E-state index contributed by atoms with van der Waals surface area (Å²) in [6.45, 7) is 0.814. The van der Waals surface area contributed by atoms with Gasteiger partial charge in [-0.05, 0) is 43.9 Å². The van der Waals surface area contributed by atoms with Crippen LogP contribution in [0.4, 0.5) is 17.6 Å². The normalized spacial score (nSPS) is 14.4. The maximum Gasteiger partial charge on any atom is 0.262 e. The van der Waals surface area contributed by atoms with E-state index in [4.69, 9.17) is 33.8 Å². The van der Waals surface area contributed by atoms with E-state index < -0.39 is 0 Å². The van der Waals surface area contributed by atoms with Crippen molar-refractivity contribution in [3.05, 3.63) is 45.0 Å². The zero-order chi connectivity index (χ0) is 22.1. The average Bonchev–Trinajstić information content (AvgIpc) is 3.56. The molecule has 0 saturated heterocycles. The van der Waals surface area contributed by atoms with Gasteiger partial charge in [0.1, 0.15) is 23.3 Å². The Balaban J connectivity index is 1.89. The van der Waals surface area contributed by atoms with Crippen molar-refractivity contribution < 1.29 is 0 Å². The molecular formula is C20H22ClN9O. The highest BCUT2D eigenvalue weighted by atomic mass is 35.5. The van der Waals surface area contributed by atoms with E-state index in [1.54, 1.807) is 22.8 Å². The van der Waals surface area contributed by atoms with Crippen LogP contribution < -0.4 is 28.1 Å². The molecule has 2 aromatic heterocycles. The molecule has 1 saturated carbocycles. The van der Waals surface area contributed by atoms with Crippen LogP contribution in [0.2, 0.25) is 5.02 Å². The molecule has 1 aliphatic carbocycles. The van der Waals surface area contributed by atoms with Gasteiger partial charge in [0.2, 0.25) is 5.95 Å². The van der Waals surface area contributed by atoms with Gasteiger partial charge >= 0.3 is 0 Å². The van der Waals surface area contributed by atoms with Gasteiger partial charge in [0, 0.05) is 6.54 Å². The second-order valence-electron chi connectivity index (χ2n) is 7.46. The predicted octanol–water partition coefficient (Wildman–Crippen LogP) is 1.79. The minimum Gasteiger partial charge on any atom is -0.382 e. The average molecular weight is 440 g/mol. The Kier molecular flexibility index (Phi) is 5.63. The summed E-state index contributed by atoms with van der Waals surface area (Å²) in [4.78, 5) is 26.2. The van der Waals surface area contributed by atoms with E-state index in [0.717, 1.165) is 12.8 Å². The molecule has 1 aliphatic rings. The number of hydrogen-bond acceptors (Lipinski definition) is 9. The Morgan fingerprint density at radius 3 is 2.74 bits per heavy atom. The zero-order valence-electron chi connectivity index (χ0n) is 16.7. The third-order valence-corrected chi connectivity index (χ3v) is 5.59. The first-order valence-corrected chi connectivity index (χ1v) is 10.3. The minimum atomic E-state index is -0.380. The second-order valence-corrected chi connectivity index (χ2v) is 7.87. The van der Waals surface area contributed by atoms with Gasteiger partial charge in [-0.3, -0.25) is 9.36 Å². The molecule has 0 radical (unpaired) electrons. The number of benzene rings is 1. The van der Waals surface area contributed by atoms with Crippen molar-refractivity contribution in [2.45, 2.75) is 31.8 Å². The molecule has 1 aromatic carbocycles. The lowest BCUT2D eigenvalue weighted by atomic mass is 10.1. The zero-order valence-corrected chi connectivity index (χ0v) is 17.4. The topological polar surface area (TPSA) is 175 Å². The highest BCUT2D eigenvalue weighted by Crippen LogP contribution is 2.43. The fourth-order valence-corrected chi connectivity index (χ4v) is 3.87. The molecular weight excluding hydrogens is 418 g/mol. The number of rotatable bonds is 7. The van der Waals surface area contributed by atoms with Gasteiger partial charge in [-0.2, -0.15) is 15.2 Å². The SMILES string of the molecule is N#Cc1c(N)nc(N)nc1N[C@H](c1nc2cccc(Cl)c2c(=O)n1CCCN)C1CC1. The largest absolute Gasteiger partial charge is 0.382 e. The summed E-state index contributed by atoms with van der Waals surface area (Å²) >= 11 is 6.30. The molecule has 0 amide bonds. The summed E-state index contributed by atoms with van der Waals surface area (Å²) in [6.07, 6.45) is 2.48. The molecule has 2 heterocycles. The summed E-state index contributed by atoms with van der Waals surface area (Å²) < 4.78 is 1.61. The van der Waals surface area contributed by atoms with Crippen LogP contribution in [0, 0.1) is 17.2 Å². The molecule has 11 heteroatoms. The van der Waals surface area contributed by atoms with Crippen molar-refractivity contribution in [1.82, 2.24) is 19.5 Å². The van der Waals surface area contributed by atoms with Crippen molar-refractivity contribution in [1.29, 1.82) is 5.26 Å². The van der Waals surface area contributed by atoms with Crippen LogP contribution in [-0.2, 0) is 6.54 Å². The number of aromatic nitrogens is 4. The molecule has 0 spiro atoms. The van der Waals surface area contributed by atoms with E-state index in [9.17, 15) is 10.1 Å². The molecule has 1 atom stereocenters.